The van der Waals surface area contributed by atoms with Crippen molar-refractivity contribution in [2.75, 3.05) is 33.7 Å². The Hall–Kier alpha value is -1.74. The van der Waals surface area contributed by atoms with Gasteiger partial charge in [-0.15, -0.1) is 11.3 Å². The molecule has 0 spiro atoms. The van der Waals surface area contributed by atoms with Gasteiger partial charge in [0, 0.05) is 32.5 Å². The summed E-state index contributed by atoms with van der Waals surface area (Å²) in [5.74, 6) is -0.177. The number of rotatable bonds is 7. The lowest BCUT2D eigenvalue weighted by atomic mass is 10.2. The van der Waals surface area contributed by atoms with Crippen molar-refractivity contribution < 1.29 is 18.1 Å². The fourth-order valence-electron chi connectivity index (χ4n) is 3.40. The molecule has 3 rings (SSSR count). The number of nitrogens with zero attached hydrogens (tertiary/aromatic N) is 1. The number of hydrogen-bond donors (Lipinski definition) is 2. The van der Waals surface area contributed by atoms with E-state index in [1.807, 2.05) is 6.07 Å². The van der Waals surface area contributed by atoms with Crippen LogP contribution in [0.2, 0.25) is 0 Å². The molecule has 0 unspecified atom stereocenters. The molecule has 0 bridgehead atoms. The van der Waals surface area contributed by atoms with Gasteiger partial charge in [0.1, 0.15) is 6.04 Å². The number of likely N-dealkylation sites (tertiary alicyclic amines) is 1. The largest absolute Gasteiger partial charge is 0.346 e. The van der Waals surface area contributed by atoms with Crippen LogP contribution in [-0.2, 0) is 10.0 Å². The van der Waals surface area contributed by atoms with E-state index in [0.29, 0.717) is 12.1 Å². The number of hydrogen-bond acceptors (Lipinski definition) is 4. The Bertz CT molecular complexity index is 856. The van der Waals surface area contributed by atoms with Gasteiger partial charge in [-0.1, -0.05) is 6.07 Å². The van der Waals surface area contributed by atoms with E-state index in [4.69, 9.17) is 0 Å². The molecule has 1 fully saturated rings. The fraction of sp³-hybridized carbons (Fsp3) is 0.421. The second kappa shape index (κ2) is 8.52. The number of carbonyl (C=O) groups is 1. The van der Waals surface area contributed by atoms with Gasteiger partial charge in [0.05, 0.1) is 29.4 Å². The monoisotopic (exact) mass is 408 g/mol. The van der Waals surface area contributed by atoms with E-state index in [0.717, 1.165) is 17.4 Å². The highest BCUT2D eigenvalue weighted by Crippen LogP contribution is 2.18. The third-order valence-corrected chi connectivity index (χ3v) is 7.80. The molecule has 1 aliphatic rings. The third kappa shape index (κ3) is 4.57. The summed E-state index contributed by atoms with van der Waals surface area (Å²) in [5, 5.41) is 5.11. The molecule has 1 aromatic heterocycles. The second-order valence-electron chi connectivity index (χ2n) is 6.96. The molecule has 2 aromatic rings. The maximum atomic E-state index is 12.6. The normalized spacial score (nSPS) is 16.6. The van der Waals surface area contributed by atoms with E-state index in [-0.39, 0.29) is 16.8 Å². The predicted molar refractivity (Wildman–Crippen MR) is 107 cm³/mol. The van der Waals surface area contributed by atoms with Crippen molar-refractivity contribution >= 4 is 27.3 Å². The highest BCUT2D eigenvalue weighted by molar-refractivity contribution is 7.89. The van der Waals surface area contributed by atoms with Gasteiger partial charge in [0.25, 0.3) is 5.91 Å². The maximum absolute atomic E-state index is 12.6. The van der Waals surface area contributed by atoms with Crippen LogP contribution >= 0.6 is 11.3 Å². The van der Waals surface area contributed by atoms with Crippen molar-refractivity contribution in [3.05, 3.63) is 52.2 Å². The minimum atomic E-state index is -3.49. The Kier molecular flexibility index (Phi) is 6.31. The van der Waals surface area contributed by atoms with Crippen LogP contribution in [0.1, 0.15) is 34.1 Å². The summed E-state index contributed by atoms with van der Waals surface area (Å²) in [6.45, 7) is 2.84. The van der Waals surface area contributed by atoms with Crippen molar-refractivity contribution in [3.8, 4) is 0 Å². The average Bonchev–Trinajstić information content (AvgIpc) is 3.36. The lowest BCUT2D eigenvalue weighted by Gasteiger charge is -2.24. The van der Waals surface area contributed by atoms with E-state index >= 15 is 0 Å². The lowest BCUT2D eigenvalue weighted by Crippen LogP contribution is -3.11. The van der Waals surface area contributed by atoms with E-state index < -0.39 is 10.0 Å². The van der Waals surface area contributed by atoms with Crippen LogP contribution in [0.4, 0.5) is 0 Å². The van der Waals surface area contributed by atoms with Crippen LogP contribution in [0, 0.1) is 0 Å². The Labute approximate surface area is 164 Å². The number of quaternary nitrogens is 1. The van der Waals surface area contributed by atoms with E-state index in [9.17, 15) is 13.2 Å². The number of benzene rings is 1. The molecule has 2 heterocycles. The van der Waals surface area contributed by atoms with Crippen LogP contribution < -0.4 is 10.2 Å². The zero-order chi connectivity index (χ0) is 19.4. The summed E-state index contributed by atoms with van der Waals surface area (Å²) in [6, 6.07) is 10.5. The van der Waals surface area contributed by atoms with Crippen LogP contribution in [0.3, 0.4) is 0 Å². The zero-order valence-electron chi connectivity index (χ0n) is 15.6. The summed E-state index contributed by atoms with van der Waals surface area (Å²) in [7, 11) is -0.511. The van der Waals surface area contributed by atoms with Gasteiger partial charge in [0.2, 0.25) is 10.0 Å². The van der Waals surface area contributed by atoms with E-state index in [2.05, 4.69) is 16.8 Å². The zero-order valence-corrected chi connectivity index (χ0v) is 17.3. The number of sulfonamides is 1. The van der Waals surface area contributed by atoms with Gasteiger partial charge in [-0.25, -0.2) is 12.7 Å². The highest BCUT2D eigenvalue weighted by atomic mass is 32.2. The second-order valence-corrected chi connectivity index (χ2v) is 10.1. The summed E-state index contributed by atoms with van der Waals surface area (Å²) in [5.41, 5.74) is 0.467. The first kappa shape index (κ1) is 20.0. The van der Waals surface area contributed by atoms with Crippen molar-refractivity contribution in [1.82, 2.24) is 9.62 Å². The van der Waals surface area contributed by atoms with E-state index in [1.54, 1.807) is 23.5 Å². The Morgan fingerprint density at radius 1 is 1.19 bits per heavy atom. The van der Waals surface area contributed by atoms with Crippen LogP contribution in [-0.4, -0.2) is 52.4 Å². The Morgan fingerprint density at radius 2 is 1.85 bits per heavy atom. The summed E-state index contributed by atoms with van der Waals surface area (Å²) in [6.07, 6.45) is 2.46. The minimum absolute atomic E-state index is 0.177. The molecule has 1 atom stereocenters. The number of nitrogens with one attached hydrogen (secondary N) is 2. The third-order valence-electron chi connectivity index (χ3n) is 4.99. The van der Waals surface area contributed by atoms with Gasteiger partial charge < -0.3 is 10.2 Å². The molecule has 6 nitrogen and oxygen atoms in total. The van der Waals surface area contributed by atoms with Gasteiger partial charge >= 0.3 is 0 Å². The number of amides is 1. The first-order valence-electron chi connectivity index (χ1n) is 9.08. The summed E-state index contributed by atoms with van der Waals surface area (Å²) in [4.78, 5) is 15.5. The quantitative estimate of drug-likeness (QED) is 0.722. The van der Waals surface area contributed by atoms with Crippen molar-refractivity contribution in [1.29, 1.82) is 0 Å². The molecule has 1 saturated heterocycles. The first-order valence-corrected chi connectivity index (χ1v) is 11.4. The fourth-order valence-corrected chi connectivity index (χ4v) is 5.19. The minimum Gasteiger partial charge on any atom is -0.346 e. The molecule has 8 heteroatoms. The summed E-state index contributed by atoms with van der Waals surface area (Å²) >= 11 is 1.73. The van der Waals surface area contributed by atoms with Gasteiger partial charge in [-0.05, 0) is 35.7 Å². The Morgan fingerprint density at radius 3 is 2.41 bits per heavy atom. The smallest absolute Gasteiger partial charge is 0.251 e. The molecule has 0 saturated carbocycles. The maximum Gasteiger partial charge on any atom is 0.251 e. The van der Waals surface area contributed by atoms with Gasteiger partial charge in [0.15, 0.2) is 0 Å². The Balaban J connectivity index is 1.67. The van der Waals surface area contributed by atoms with Crippen LogP contribution in [0.15, 0.2) is 46.7 Å². The molecule has 27 heavy (non-hydrogen) atoms. The average molecular weight is 409 g/mol. The van der Waals surface area contributed by atoms with Crippen LogP contribution in [0.5, 0.6) is 0 Å². The van der Waals surface area contributed by atoms with Crippen molar-refractivity contribution in [2.24, 2.45) is 0 Å². The molecular formula is C19H26N3O3S2+. The SMILES string of the molecule is CN(C)S(=O)(=O)c1ccc(C(=O)NC[C@@H](c2cccs2)[NH+]2CCCC2)cc1. The predicted octanol–water partition coefficient (Wildman–Crippen LogP) is 1.15. The van der Waals surface area contributed by atoms with E-state index in [1.165, 1.54) is 48.8 Å². The van der Waals surface area contributed by atoms with Gasteiger partial charge in [-0.2, -0.15) is 0 Å². The topological polar surface area (TPSA) is 70.9 Å². The van der Waals surface area contributed by atoms with Crippen molar-refractivity contribution in [2.45, 2.75) is 23.8 Å². The molecule has 1 amide bonds. The summed E-state index contributed by atoms with van der Waals surface area (Å²) < 4.78 is 25.4. The highest BCUT2D eigenvalue weighted by Gasteiger charge is 2.28. The standard InChI is InChI=1S/C19H25N3O3S2/c1-21(2)27(24,25)16-9-7-15(8-10-16)19(23)20-14-17(18-6-5-13-26-18)22-11-3-4-12-22/h5-10,13,17H,3-4,11-12,14H2,1-2H3,(H,20,23)/p+1/t17-/m0/s1. The lowest BCUT2D eigenvalue weighted by molar-refractivity contribution is -0.918. The molecule has 0 radical (unpaired) electrons. The van der Waals surface area contributed by atoms with Crippen molar-refractivity contribution in [3.63, 3.8) is 0 Å². The number of carbonyl (C=O) groups excluding carboxylic acids is 1. The molecule has 0 aliphatic carbocycles. The molecule has 2 N–H and O–H groups in total. The molecular weight excluding hydrogens is 382 g/mol. The molecule has 1 aliphatic heterocycles. The number of thiophene rings is 1. The van der Waals surface area contributed by atoms with Gasteiger partial charge in [-0.3, -0.25) is 4.79 Å². The van der Waals surface area contributed by atoms with Crippen LogP contribution in [0.25, 0.3) is 0 Å². The first-order chi connectivity index (χ1) is 12.9. The molecule has 146 valence electrons. The molecule has 1 aromatic carbocycles.